The topological polar surface area (TPSA) is 101 Å². The quantitative estimate of drug-likeness (QED) is 0.228. The first kappa shape index (κ1) is 35.8. The van der Waals surface area contributed by atoms with Gasteiger partial charge in [0.15, 0.2) is 0 Å². The third-order valence-corrected chi connectivity index (χ3v) is 13.5. The number of amides is 4. The molecule has 9 rings (SSSR count). The van der Waals surface area contributed by atoms with E-state index in [9.17, 15) is 19.2 Å². The van der Waals surface area contributed by atoms with E-state index in [0.29, 0.717) is 39.2 Å². The van der Waals surface area contributed by atoms with Crippen molar-refractivity contribution in [3.63, 3.8) is 0 Å². The molecule has 4 fully saturated rings. The van der Waals surface area contributed by atoms with Gasteiger partial charge < -0.3 is 14.7 Å². The molecule has 12 heteroatoms. The number of fused-ring (bicyclic) bond motifs is 2. The average molecular weight is 760 g/mol. The van der Waals surface area contributed by atoms with E-state index in [1.165, 1.54) is 36.1 Å². The Morgan fingerprint density at radius 2 is 1.51 bits per heavy atom. The zero-order chi connectivity index (χ0) is 38.0. The number of carbonyl (C=O) groups excluding carboxylic acids is 4. The van der Waals surface area contributed by atoms with Crippen molar-refractivity contribution in [1.82, 2.24) is 15.1 Å². The van der Waals surface area contributed by atoms with Gasteiger partial charge in [0, 0.05) is 86.9 Å². The molecule has 0 aliphatic carbocycles. The van der Waals surface area contributed by atoms with Crippen molar-refractivity contribution in [2.24, 2.45) is 11.3 Å². The maximum Gasteiger partial charge on any atom is 0.262 e. The van der Waals surface area contributed by atoms with Crippen LogP contribution in [0.1, 0.15) is 83.7 Å². The second kappa shape index (κ2) is 14.0. The van der Waals surface area contributed by atoms with Gasteiger partial charge in [0.2, 0.25) is 17.5 Å². The number of imide groups is 2. The summed E-state index contributed by atoms with van der Waals surface area (Å²) in [4.78, 5) is 65.1. The number of nitrogens with one attached hydrogen (secondary N) is 1. The summed E-state index contributed by atoms with van der Waals surface area (Å²) in [6.07, 6.45) is 5.88. The van der Waals surface area contributed by atoms with Gasteiger partial charge in [0.1, 0.15) is 6.04 Å². The van der Waals surface area contributed by atoms with E-state index < -0.39 is 23.8 Å². The van der Waals surface area contributed by atoms with Gasteiger partial charge in [-0.15, -0.1) is 0 Å². The van der Waals surface area contributed by atoms with Gasteiger partial charge in [-0.1, -0.05) is 23.7 Å². The first-order valence-electron chi connectivity index (χ1n) is 19.7. The lowest BCUT2D eigenvalue weighted by Gasteiger charge is -2.40. The number of rotatable bonds is 6. The molecule has 2 atom stereocenters. The van der Waals surface area contributed by atoms with E-state index in [1.807, 2.05) is 24.3 Å². The highest BCUT2D eigenvalue weighted by atomic mass is 35.5. The number of benzene rings is 3. The maximum absolute atomic E-state index is 13.4. The standard InChI is InChI=1S/C43H46ClN7O4/c1-27-22-43(26-50(27)33-6-8-37(45-2)36(44)21-33)13-17-49(18-14-43)31-4-3-29-24-47(25-30(29)19-31)23-28-11-15-48(16-12-28)32-5-7-34-35(20-32)42(55)51(41(34)54)38-9-10-39(52)46-40(38)53/h3-8,19-21,27-28,38H,9-18,22-26H2,1H3,(H,46,52,53)/t27-,38?/m0/s1. The number of nitrogens with zero attached hydrogens (tertiary/aromatic N) is 6. The summed E-state index contributed by atoms with van der Waals surface area (Å²) in [6.45, 7) is 17.6. The fraction of sp³-hybridized carbons (Fsp3) is 0.465. The van der Waals surface area contributed by atoms with Crippen LogP contribution in [0.5, 0.6) is 0 Å². The molecule has 4 amide bonds. The van der Waals surface area contributed by atoms with Crippen LogP contribution in [0.3, 0.4) is 0 Å². The Morgan fingerprint density at radius 1 is 0.818 bits per heavy atom. The summed E-state index contributed by atoms with van der Waals surface area (Å²) in [6, 6.07) is 17.9. The summed E-state index contributed by atoms with van der Waals surface area (Å²) in [5.74, 6) is -1.32. The molecular weight excluding hydrogens is 714 g/mol. The van der Waals surface area contributed by atoms with Crippen LogP contribution in [-0.2, 0) is 22.7 Å². The summed E-state index contributed by atoms with van der Waals surface area (Å²) in [5.41, 5.74) is 7.72. The molecule has 284 valence electrons. The van der Waals surface area contributed by atoms with E-state index >= 15 is 0 Å². The molecular formula is C43H46ClN7O4. The van der Waals surface area contributed by atoms with Crippen LogP contribution in [-0.4, -0.2) is 84.8 Å². The van der Waals surface area contributed by atoms with Crippen molar-refractivity contribution >= 4 is 58.0 Å². The molecule has 1 unspecified atom stereocenters. The predicted molar refractivity (Wildman–Crippen MR) is 212 cm³/mol. The minimum atomic E-state index is -0.956. The highest BCUT2D eigenvalue weighted by Crippen LogP contribution is 2.46. The number of piperidine rings is 3. The summed E-state index contributed by atoms with van der Waals surface area (Å²) in [5, 5.41) is 2.79. The smallest absolute Gasteiger partial charge is 0.262 e. The first-order chi connectivity index (χ1) is 26.6. The molecule has 11 nitrogen and oxygen atoms in total. The number of hydrogen-bond donors (Lipinski definition) is 1. The number of anilines is 3. The lowest BCUT2D eigenvalue weighted by Crippen LogP contribution is -2.54. The molecule has 6 aliphatic heterocycles. The van der Waals surface area contributed by atoms with Gasteiger partial charge >= 0.3 is 0 Å². The zero-order valence-corrected chi connectivity index (χ0v) is 32.0. The van der Waals surface area contributed by atoms with Crippen molar-refractivity contribution < 1.29 is 19.2 Å². The van der Waals surface area contributed by atoms with E-state index in [-0.39, 0.29) is 18.7 Å². The fourth-order valence-electron chi connectivity index (χ4n) is 10.2. The van der Waals surface area contributed by atoms with Gasteiger partial charge in [-0.2, -0.15) is 0 Å². The zero-order valence-electron chi connectivity index (χ0n) is 31.2. The average Bonchev–Trinajstić information content (AvgIpc) is 3.82. The largest absolute Gasteiger partial charge is 0.371 e. The van der Waals surface area contributed by atoms with Crippen LogP contribution < -0.4 is 20.0 Å². The highest BCUT2D eigenvalue weighted by Gasteiger charge is 2.46. The van der Waals surface area contributed by atoms with Gasteiger partial charge in [-0.25, -0.2) is 4.85 Å². The molecule has 0 aromatic heterocycles. The van der Waals surface area contributed by atoms with E-state index in [2.05, 4.69) is 54.9 Å². The third kappa shape index (κ3) is 6.53. The van der Waals surface area contributed by atoms with E-state index in [4.69, 9.17) is 18.2 Å². The lowest BCUT2D eigenvalue weighted by molar-refractivity contribution is -0.136. The fourth-order valence-corrected chi connectivity index (χ4v) is 10.4. The Labute approximate surface area is 327 Å². The van der Waals surface area contributed by atoms with E-state index in [1.54, 1.807) is 12.1 Å². The highest BCUT2D eigenvalue weighted by molar-refractivity contribution is 6.33. The van der Waals surface area contributed by atoms with Crippen molar-refractivity contribution in [1.29, 1.82) is 0 Å². The summed E-state index contributed by atoms with van der Waals surface area (Å²) >= 11 is 6.41. The number of hydrogen-bond acceptors (Lipinski definition) is 8. The lowest BCUT2D eigenvalue weighted by atomic mass is 9.76. The second-order valence-electron chi connectivity index (χ2n) is 16.6. The minimum absolute atomic E-state index is 0.105. The molecule has 3 aromatic carbocycles. The maximum atomic E-state index is 13.4. The van der Waals surface area contributed by atoms with Crippen molar-refractivity contribution in [3.8, 4) is 0 Å². The second-order valence-corrected chi connectivity index (χ2v) is 17.1. The molecule has 4 saturated heterocycles. The van der Waals surface area contributed by atoms with Crippen molar-refractivity contribution in [2.45, 2.75) is 77.0 Å². The molecule has 1 N–H and O–H groups in total. The molecule has 6 aliphatic rings. The van der Waals surface area contributed by atoms with Gasteiger partial charge in [-0.3, -0.25) is 34.3 Å². The third-order valence-electron chi connectivity index (χ3n) is 13.2. The minimum Gasteiger partial charge on any atom is -0.371 e. The molecule has 0 radical (unpaired) electrons. The molecule has 0 bridgehead atoms. The monoisotopic (exact) mass is 759 g/mol. The molecule has 3 aromatic rings. The SMILES string of the molecule is [C-]#[N+]c1ccc(N2CC3(CCN(c4ccc5c(c4)CN(CC4CCN(c6ccc7c(c6)C(=O)N(C6CCC(=O)NC6=O)C7=O)CC4)C5)CC3)C[C@@H]2C)cc1Cl. The number of halogens is 1. The van der Waals surface area contributed by atoms with Crippen LogP contribution in [0, 0.1) is 17.9 Å². The van der Waals surface area contributed by atoms with Crippen molar-refractivity contribution in [2.75, 3.05) is 54.0 Å². The molecule has 6 heterocycles. The first-order valence-corrected chi connectivity index (χ1v) is 20.1. The van der Waals surface area contributed by atoms with Crippen LogP contribution in [0.25, 0.3) is 4.85 Å². The van der Waals surface area contributed by atoms with Crippen molar-refractivity contribution in [3.05, 3.63) is 93.3 Å². The number of carbonyl (C=O) groups is 4. The normalized spacial score (nSPS) is 24.1. The summed E-state index contributed by atoms with van der Waals surface area (Å²) in [7, 11) is 0. The predicted octanol–water partition coefficient (Wildman–Crippen LogP) is 6.41. The Balaban J connectivity index is 0.767. The molecule has 55 heavy (non-hydrogen) atoms. The Bertz CT molecular complexity index is 2130. The van der Waals surface area contributed by atoms with Crippen LogP contribution in [0.4, 0.5) is 22.7 Å². The Kier molecular flexibility index (Phi) is 9.09. The van der Waals surface area contributed by atoms with Gasteiger partial charge in [0.05, 0.1) is 17.7 Å². The van der Waals surface area contributed by atoms with E-state index in [0.717, 1.165) is 81.5 Å². The van der Waals surface area contributed by atoms with Gasteiger partial charge in [0.25, 0.3) is 11.8 Å². The summed E-state index contributed by atoms with van der Waals surface area (Å²) < 4.78 is 0. The molecule has 0 saturated carbocycles. The van der Waals surface area contributed by atoms with Crippen LogP contribution >= 0.6 is 11.6 Å². The molecule has 1 spiro atoms. The Hall–Kier alpha value is -4.92. The Morgan fingerprint density at radius 3 is 2.25 bits per heavy atom. The van der Waals surface area contributed by atoms with Crippen LogP contribution in [0.15, 0.2) is 54.6 Å². The van der Waals surface area contributed by atoms with Gasteiger partial charge in [-0.05, 0) is 110 Å². The van der Waals surface area contributed by atoms with Crippen LogP contribution in [0.2, 0.25) is 5.02 Å².